The first kappa shape index (κ1) is 10.7. The van der Waals surface area contributed by atoms with Gasteiger partial charge in [-0.3, -0.25) is 4.90 Å². The van der Waals surface area contributed by atoms with E-state index in [1.807, 2.05) is 22.9 Å². The highest BCUT2D eigenvalue weighted by Crippen LogP contribution is 2.21. The lowest BCUT2D eigenvalue weighted by molar-refractivity contribution is 0.119. The van der Waals surface area contributed by atoms with Crippen LogP contribution in [0.1, 0.15) is 32.4 Å². The third kappa shape index (κ3) is 1.93. The van der Waals surface area contributed by atoms with Gasteiger partial charge in [0.2, 0.25) is 0 Å². The topological polar surface area (TPSA) is 34.0 Å². The summed E-state index contributed by atoms with van der Waals surface area (Å²) in [4.78, 5) is 2.49. The molecule has 90 valence electrons. The van der Waals surface area contributed by atoms with Crippen LogP contribution >= 0.6 is 0 Å². The van der Waals surface area contributed by atoms with E-state index in [1.165, 1.54) is 32.4 Å². The minimum absolute atomic E-state index is 0.308. The van der Waals surface area contributed by atoms with Crippen LogP contribution in [-0.4, -0.2) is 33.0 Å². The molecule has 0 radical (unpaired) electrons. The molecule has 2 heterocycles. The molecule has 0 aliphatic carbocycles. The van der Waals surface area contributed by atoms with Crippen LogP contribution in [0.3, 0.4) is 0 Å². The largest absolute Gasteiger partial charge is 0.282 e. The lowest BCUT2D eigenvalue weighted by Gasteiger charge is -2.32. The number of piperidine rings is 1. The number of hydrogen-bond acceptors (Lipinski definition) is 3. The molecule has 1 atom stereocenters. The zero-order valence-corrected chi connectivity index (χ0v) is 10.2. The van der Waals surface area contributed by atoms with Crippen molar-refractivity contribution in [1.29, 1.82) is 0 Å². The Kier molecular flexibility index (Phi) is 2.81. The molecular formula is C13H18N4. The maximum Gasteiger partial charge on any atom is 0.113 e. The van der Waals surface area contributed by atoms with Crippen LogP contribution in [0.15, 0.2) is 24.3 Å². The van der Waals surface area contributed by atoms with Gasteiger partial charge < -0.3 is 0 Å². The molecule has 0 amide bonds. The Morgan fingerprint density at radius 2 is 1.88 bits per heavy atom. The second-order valence-corrected chi connectivity index (χ2v) is 4.75. The fraction of sp³-hybridized carbons (Fsp3) is 0.538. The van der Waals surface area contributed by atoms with Gasteiger partial charge in [0.1, 0.15) is 11.7 Å². The molecule has 0 spiro atoms. The molecule has 1 aliphatic rings. The van der Waals surface area contributed by atoms with Gasteiger partial charge in [-0.15, -0.1) is 5.10 Å². The number of para-hydroxylation sites is 1. The summed E-state index contributed by atoms with van der Waals surface area (Å²) < 4.78 is 2.04. The molecule has 1 aliphatic heterocycles. The van der Waals surface area contributed by atoms with E-state index in [1.54, 1.807) is 0 Å². The lowest BCUT2D eigenvalue weighted by atomic mass is 10.1. The summed E-state index contributed by atoms with van der Waals surface area (Å²) in [6.07, 6.45) is 4.28. The SMILES string of the molecule is CC(N1CCCCC1)n1nnc2ccccc21. The highest BCUT2D eigenvalue weighted by Gasteiger charge is 2.20. The van der Waals surface area contributed by atoms with Crippen molar-refractivity contribution in [3.05, 3.63) is 24.3 Å². The molecule has 0 N–H and O–H groups in total. The Hall–Kier alpha value is -1.42. The van der Waals surface area contributed by atoms with Gasteiger partial charge in [0.25, 0.3) is 0 Å². The van der Waals surface area contributed by atoms with Crippen LogP contribution < -0.4 is 0 Å². The van der Waals surface area contributed by atoms with Crippen LogP contribution in [0, 0.1) is 0 Å². The van der Waals surface area contributed by atoms with Crippen LogP contribution in [-0.2, 0) is 0 Å². The average molecular weight is 230 g/mol. The number of hydrogen-bond donors (Lipinski definition) is 0. The van der Waals surface area contributed by atoms with Gasteiger partial charge in [-0.05, 0) is 31.9 Å². The quantitative estimate of drug-likeness (QED) is 0.794. The molecule has 0 bridgehead atoms. The molecule has 2 aromatic rings. The van der Waals surface area contributed by atoms with Gasteiger partial charge in [-0.1, -0.05) is 23.8 Å². The van der Waals surface area contributed by atoms with E-state index in [0.29, 0.717) is 6.17 Å². The number of fused-ring (bicyclic) bond motifs is 1. The van der Waals surface area contributed by atoms with Crippen molar-refractivity contribution < 1.29 is 0 Å². The van der Waals surface area contributed by atoms with Gasteiger partial charge >= 0.3 is 0 Å². The molecule has 1 aromatic heterocycles. The van der Waals surface area contributed by atoms with Gasteiger partial charge in [0.05, 0.1) is 5.52 Å². The van der Waals surface area contributed by atoms with E-state index >= 15 is 0 Å². The predicted molar refractivity (Wildman–Crippen MR) is 67.7 cm³/mol. The van der Waals surface area contributed by atoms with E-state index in [4.69, 9.17) is 0 Å². The number of rotatable bonds is 2. The van der Waals surface area contributed by atoms with Crippen LogP contribution in [0.4, 0.5) is 0 Å². The fourth-order valence-electron chi connectivity index (χ4n) is 2.61. The minimum Gasteiger partial charge on any atom is -0.282 e. The molecule has 1 aromatic carbocycles. The molecule has 17 heavy (non-hydrogen) atoms. The maximum atomic E-state index is 4.30. The van der Waals surface area contributed by atoms with E-state index in [-0.39, 0.29) is 0 Å². The lowest BCUT2D eigenvalue weighted by Crippen LogP contribution is -2.35. The van der Waals surface area contributed by atoms with E-state index in [2.05, 4.69) is 28.2 Å². The van der Waals surface area contributed by atoms with Crippen LogP contribution in [0.2, 0.25) is 0 Å². The van der Waals surface area contributed by atoms with E-state index in [9.17, 15) is 0 Å². The van der Waals surface area contributed by atoms with Crippen molar-refractivity contribution in [3.63, 3.8) is 0 Å². The second kappa shape index (κ2) is 4.45. The first-order valence-corrected chi connectivity index (χ1v) is 6.40. The smallest absolute Gasteiger partial charge is 0.113 e. The van der Waals surface area contributed by atoms with Gasteiger partial charge in [-0.25, -0.2) is 4.68 Å². The molecule has 1 saturated heterocycles. The summed E-state index contributed by atoms with van der Waals surface area (Å²) in [5.74, 6) is 0. The van der Waals surface area contributed by atoms with Crippen molar-refractivity contribution >= 4 is 11.0 Å². The summed E-state index contributed by atoms with van der Waals surface area (Å²) in [5.41, 5.74) is 2.11. The normalized spacial score (nSPS) is 19.6. The standard InChI is InChI=1S/C13H18N4/c1-11(16-9-5-2-6-10-16)17-13-8-4-3-7-12(13)14-15-17/h3-4,7-8,11H,2,5-6,9-10H2,1H3. The summed E-state index contributed by atoms with van der Waals surface area (Å²) in [6, 6.07) is 8.16. The third-order valence-electron chi connectivity index (χ3n) is 3.65. The summed E-state index contributed by atoms with van der Waals surface area (Å²) in [6.45, 7) is 4.57. The monoisotopic (exact) mass is 230 g/mol. The van der Waals surface area contributed by atoms with E-state index in [0.717, 1.165) is 11.0 Å². The number of likely N-dealkylation sites (tertiary alicyclic amines) is 1. The van der Waals surface area contributed by atoms with Crippen molar-refractivity contribution in [2.24, 2.45) is 0 Å². The summed E-state index contributed by atoms with van der Waals surface area (Å²) in [5, 5.41) is 8.52. The zero-order valence-electron chi connectivity index (χ0n) is 10.2. The fourth-order valence-corrected chi connectivity index (χ4v) is 2.61. The number of benzene rings is 1. The van der Waals surface area contributed by atoms with Gasteiger partial charge in [-0.2, -0.15) is 0 Å². The number of nitrogens with zero attached hydrogens (tertiary/aromatic N) is 4. The number of aromatic nitrogens is 3. The van der Waals surface area contributed by atoms with Crippen molar-refractivity contribution in [3.8, 4) is 0 Å². The molecule has 4 nitrogen and oxygen atoms in total. The third-order valence-corrected chi connectivity index (χ3v) is 3.65. The minimum atomic E-state index is 0.308. The molecular weight excluding hydrogens is 212 g/mol. The maximum absolute atomic E-state index is 4.30. The highest BCUT2D eigenvalue weighted by molar-refractivity contribution is 5.73. The Bertz CT molecular complexity index is 499. The Balaban J connectivity index is 1.92. The van der Waals surface area contributed by atoms with Crippen LogP contribution in [0.5, 0.6) is 0 Å². The molecule has 1 unspecified atom stereocenters. The molecule has 0 saturated carbocycles. The predicted octanol–water partition coefficient (Wildman–Crippen LogP) is 2.44. The summed E-state index contributed by atoms with van der Waals surface area (Å²) in [7, 11) is 0. The van der Waals surface area contributed by atoms with Crippen molar-refractivity contribution in [2.45, 2.75) is 32.4 Å². The molecule has 3 rings (SSSR count). The Morgan fingerprint density at radius 1 is 1.12 bits per heavy atom. The average Bonchev–Trinajstić information content (AvgIpc) is 2.83. The van der Waals surface area contributed by atoms with Gasteiger partial charge in [0.15, 0.2) is 0 Å². The second-order valence-electron chi connectivity index (χ2n) is 4.75. The Morgan fingerprint density at radius 3 is 2.71 bits per heavy atom. The highest BCUT2D eigenvalue weighted by atomic mass is 15.5. The Labute approximate surface area is 101 Å². The summed E-state index contributed by atoms with van der Waals surface area (Å²) >= 11 is 0. The van der Waals surface area contributed by atoms with Crippen molar-refractivity contribution in [2.75, 3.05) is 13.1 Å². The first-order chi connectivity index (χ1) is 8.36. The molecule has 4 heteroatoms. The van der Waals surface area contributed by atoms with Gasteiger partial charge in [0, 0.05) is 13.1 Å². The van der Waals surface area contributed by atoms with Crippen LogP contribution in [0.25, 0.3) is 11.0 Å². The van der Waals surface area contributed by atoms with Crippen molar-refractivity contribution in [1.82, 2.24) is 19.9 Å². The van der Waals surface area contributed by atoms with E-state index < -0.39 is 0 Å². The molecule has 1 fully saturated rings. The zero-order chi connectivity index (χ0) is 11.7. The first-order valence-electron chi connectivity index (χ1n) is 6.40.